The molecule has 0 saturated heterocycles. The summed E-state index contributed by atoms with van der Waals surface area (Å²) in [5, 5.41) is 6.39. The summed E-state index contributed by atoms with van der Waals surface area (Å²) in [6.45, 7) is 5.63. The Balaban J connectivity index is 1.77. The second-order valence-corrected chi connectivity index (χ2v) is 11.5. The maximum Gasteiger partial charge on any atom is 0.258 e. The number of rotatable bonds is 12. The zero-order valence-electron chi connectivity index (χ0n) is 23.5. The number of likely N-dealkylation sites (N-methyl/N-ethyl adjacent to an activating group) is 1. The standard InChI is InChI=1S/C30H36N4O5S/c1-6-38-26-19-24-25(20-27(26)39-7-2)32-30(35)28(24)29(21-11-9-8-10-12-21)31-22-13-15-23(16-14-22)34(40(5,36)37)18-17-33(3)4/h8-16,19-20,31H,6-7,17-18H2,1-5H3,(H,32,35). The van der Waals surface area contributed by atoms with E-state index in [4.69, 9.17) is 9.47 Å². The highest BCUT2D eigenvalue weighted by atomic mass is 32.2. The fourth-order valence-electron chi connectivity index (χ4n) is 4.48. The lowest BCUT2D eigenvalue weighted by Gasteiger charge is -2.24. The number of sulfonamides is 1. The number of amides is 1. The monoisotopic (exact) mass is 564 g/mol. The molecule has 40 heavy (non-hydrogen) atoms. The molecular formula is C30H36N4O5S. The molecule has 4 rings (SSSR count). The zero-order valence-corrected chi connectivity index (χ0v) is 24.3. The van der Waals surface area contributed by atoms with Crippen molar-refractivity contribution in [3.8, 4) is 11.5 Å². The van der Waals surface area contributed by atoms with Crippen LogP contribution in [0.25, 0.3) is 11.3 Å². The Morgan fingerprint density at radius 2 is 1.52 bits per heavy atom. The molecule has 0 spiro atoms. The van der Waals surface area contributed by atoms with Crippen molar-refractivity contribution in [2.75, 3.05) is 61.6 Å². The third kappa shape index (κ3) is 6.57. The summed E-state index contributed by atoms with van der Waals surface area (Å²) in [4.78, 5) is 15.3. The van der Waals surface area contributed by atoms with E-state index in [0.29, 0.717) is 71.7 Å². The molecule has 3 aromatic carbocycles. The predicted molar refractivity (Wildman–Crippen MR) is 161 cm³/mol. The topological polar surface area (TPSA) is 100 Å². The van der Waals surface area contributed by atoms with Gasteiger partial charge in [-0.15, -0.1) is 0 Å². The van der Waals surface area contributed by atoms with E-state index >= 15 is 0 Å². The Bertz CT molecular complexity index is 1490. The van der Waals surface area contributed by atoms with Crippen molar-refractivity contribution in [1.29, 1.82) is 0 Å². The lowest BCUT2D eigenvalue weighted by atomic mass is 9.99. The first-order chi connectivity index (χ1) is 19.1. The van der Waals surface area contributed by atoms with E-state index < -0.39 is 10.0 Å². The van der Waals surface area contributed by atoms with Crippen LogP contribution in [-0.4, -0.2) is 65.9 Å². The number of carbonyl (C=O) groups excluding carboxylic acids is 1. The molecule has 0 aromatic heterocycles. The third-order valence-electron chi connectivity index (χ3n) is 6.32. The molecule has 212 valence electrons. The van der Waals surface area contributed by atoms with Crippen molar-refractivity contribution in [1.82, 2.24) is 4.90 Å². The lowest BCUT2D eigenvalue weighted by Crippen LogP contribution is -2.35. The van der Waals surface area contributed by atoms with Crippen LogP contribution < -0.4 is 24.4 Å². The summed E-state index contributed by atoms with van der Waals surface area (Å²) in [7, 11) is 0.341. The minimum absolute atomic E-state index is 0.249. The van der Waals surface area contributed by atoms with Crippen molar-refractivity contribution < 1.29 is 22.7 Å². The fraction of sp³-hybridized carbons (Fsp3) is 0.300. The van der Waals surface area contributed by atoms with Gasteiger partial charge in [0.05, 0.1) is 42.1 Å². The molecule has 0 atom stereocenters. The number of nitrogens with one attached hydrogen (secondary N) is 2. The summed E-state index contributed by atoms with van der Waals surface area (Å²) in [6.07, 6.45) is 1.20. The van der Waals surface area contributed by atoms with Gasteiger partial charge in [0.15, 0.2) is 11.5 Å². The number of hydrogen-bond donors (Lipinski definition) is 2. The van der Waals surface area contributed by atoms with Crippen molar-refractivity contribution in [2.24, 2.45) is 0 Å². The average molecular weight is 565 g/mol. The molecule has 0 radical (unpaired) electrons. The molecule has 1 aliphatic rings. The van der Waals surface area contributed by atoms with Gasteiger partial charge in [0, 0.05) is 30.4 Å². The van der Waals surface area contributed by atoms with Gasteiger partial charge in [-0.1, -0.05) is 30.3 Å². The van der Waals surface area contributed by atoms with Gasteiger partial charge in [-0.25, -0.2) is 8.42 Å². The molecule has 0 bridgehead atoms. The van der Waals surface area contributed by atoms with Gasteiger partial charge in [0.1, 0.15) is 0 Å². The molecule has 3 aromatic rings. The van der Waals surface area contributed by atoms with Gasteiger partial charge in [-0.05, 0) is 63.8 Å². The zero-order chi connectivity index (χ0) is 28.9. The highest BCUT2D eigenvalue weighted by Gasteiger charge is 2.30. The molecule has 1 aliphatic heterocycles. The minimum atomic E-state index is -3.46. The van der Waals surface area contributed by atoms with Crippen LogP contribution in [0.4, 0.5) is 17.1 Å². The quantitative estimate of drug-likeness (QED) is 0.307. The number of ether oxygens (including phenoxy) is 2. The summed E-state index contributed by atoms with van der Waals surface area (Å²) in [5.41, 5.74) is 4.52. The number of benzene rings is 3. The second kappa shape index (κ2) is 12.4. The van der Waals surface area contributed by atoms with Gasteiger partial charge in [0.2, 0.25) is 10.0 Å². The van der Waals surface area contributed by atoms with Crippen molar-refractivity contribution >= 4 is 44.3 Å². The third-order valence-corrected chi connectivity index (χ3v) is 7.51. The molecule has 1 heterocycles. The first kappa shape index (κ1) is 29.0. The van der Waals surface area contributed by atoms with E-state index in [2.05, 4.69) is 10.6 Å². The summed E-state index contributed by atoms with van der Waals surface area (Å²) in [6, 6.07) is 20.4. The van der Waals surface area contributed by atoms with E-state index in [1.54, 1.807) is 18.2 Å². The minimum Gasteiger partial charge on any atom is -0.490 e. The van der Waals surface area contributed by atoms with E-state index in [1.807, 2.05) is 81.4 Å². The lowest BCUT2D eigenvalue weighted by molar-refractivity contribution is -0.110. The maximum atomic E-state index is 13.4. The van der Waals surface area contributed by atoms with E-state index in [-0.39, 0.29) is 5.91 Å². The largest absolute Gasteiger partial charge is 0.490 e. The van der Waals surface area contributed by atoms with Gasteiger partial charge in [-0.2, -0.15) is 0 Å². The number of nitrogens with zero attached hydrogens (tertiary/aromatic N) is 2. The summed E-state index contributed by atoms with van der Waals surface area (Å²) in [5.74, 6) is 0.882. The highest BCUT2D eigenvalue weighted by molar-refractivity contribution is 7.92. The number of anilines is 3. The van der Waals surface area contributed by atoms with Crippen LogP contribution >= 0.6 is 0 Å². The molecule has 0 saturated carbocycles. The SMILES string of the molecule is CCOc1cc2c(cc1OCC)C(=C(Nc1ccc(N(CCN(C)C)S(C)(=O)=O)cc1)c1ccccc1)C(=O)N2. The van der Waals surface area contributed by atoms with Crippen LogP contribution in [0.2, 0.25) is 0 Å². The predicted octanol–water partition coefficient (Wildman–Crippen LogP) is 4.74. The number of carbonyl (C=O) groups is 1. The molecule has 1 amide bonds. The molecule has 2 N–H and O–H groups in total. The fourth-order valence-corrected chi connectivity index (χ4v) is 5.40. The summed E-state index contributed by atoms with van der Waals surface area (Å²) < 4.78 is 37.9. The normalized spacial score (nSPS) is 14.0. The van der Waals surface area contributed by atoms with Crippen molar-refractivity contribution in [3.63, 3.8) is 0 Å². The second-order valence-electron chi connectivity index (χ2n) is 9.59. The molecular weight excluding hydrogens is 528 g/mol. The Hall–Kier alpha value is -4.02. The first-order valence-electron chi connectivity index (χ1n) is 13.2. The Kier molecular flexibility index (Phi) is 9.01. The smallest absolute Gasteiger partial charge is 0.258 e. The first-order valence-corrected chi connectivity index (χ1v) is 15.0. The molecule has 0 fully saturated rings. The Morgan fingerprint density at radius 1 is 0.900 bits per heavy atom. The maximum absolute atomic E-state index is 13.4. The van der Waals surface area contributed by atoms with Gasteiger partial charge < -0.3 is 25.0 Å². The van der Waals surface area contributed by atoms with E-state index in [0.717, 1.165) is 5.56 Å². The number of hydrogen-bond acceptors (Lipinski definition) is 7. The van der Waals surface area contributed by atoms with Crippen LogP contribution in [0, 0.1) is 0 Å². The van der Waals surface area contributed by atoms with Crippen LogP contribution in [0.1, 0.15) is 25.0 Å². The van der Waals surface area contributed by atoms with Gasteiger partial charge >= 0.3 is 0 Å². The molecule has 0 aliphatic carbocycles. The molecule has 10 heteroatoms. The van der Waals surface area contributed by atoms with Gasteiger partial charge in [0.25, 0.3) is 5.91 Å². The average Bonchev–Trinajstić information content (AvgIpc) is 3.22. The van der Waals surface area contributed by atoms with E-state index in [9.17, 15) is 13.2 Å². The van der Waals surface area contributed by atoms with Crippen LogP contribution in [0.3, 0.4) is 0 Å². The van der Waals surface area contributed by atoms with Crippen molar-refractivity contribution in [2.45, 2.75) is 13.8 Å². The summed E-state index contributed by atoms with van der Waals surface area (Å²) >= 11 is 0. The van der Waals surface area contributed by atoms with Crippen LogP contribution in [0.5, 0.6) is 11.5 Å². The Morgan fingerprint density at radius 3 is 2.10 bits per heavy atom. The van der Waals surface area contributed by atoms with Crippen molar-refractivity contribution in [3.05, 3.63) is 77.9 Å². The van der Waals surface area contributed by atoms with Crippen LogP contribution in [-0.2, 0) is 14.8 Å². The molecule has 0 unspecified atom stereocenters. The van der Waals surface area contributed by atoms with Crippen LogP contribution in [0.15, 0.2) is 66.7 Å². The Labute approximate surface area is 236 Å². The number of fused-ring (bicyclic) bond motifs is 1. The van der Waals surface area contributed by atoms with Gasteiger partial charge in [-0.3, -0.25) is 9.10 Å². The highest BCUT2D eigenvalue weighted by Crippen LogP contribution is 2.43. The van der Waals surface area contributed by atoms with E-state index in [1.165, 1.54) is 10.6 Å². The molecule has 9 nitrogen and oxygen atoms in total.